The quantitative estimate of drug-likeness (QED) is 0.580. The van der Waals surface area contributed by atoms with E-state index in [0.29, 0.717) is 23.6 Å². The third-order valence-corrected chi connectivity index (χ3v) is 5.07. The van der Waals surface area contributed by atoms with Crippen LogP contribution in [0.4, 0.5) is 0 Å². The highest BCUT2D eigenvalue weighted by Crippen LogP contribution is 2.12. The fourth-order valence-corrected chi connectivity index (χ4v) is 3.23. The van der Waals surface area contributed by atoms with Crippen LogP contribution < -0.4 is 10.0 Å². The molecule has 0 spiro atoms. The van der Waals surface area contributed by atoms with Gasteiger partial charge in [-0.05, 0) is 48.0 Å². The molecule has 3 rings (SSSR count). The summed E-state index contributed by atoms with van der Waals surface area (Å²) < 4.78 is 37.2. The SMILES string of the molecule is O=C(C=Cc1ccc(S(=O)(=O)NCc2ccco2)cc1)NCc1ccco1. The Balaban J connectivity index is 1.55. The van der Waals surface area contributed by atoms with Gasteiger partial charge >= 0.3 is 0 Å². The molecule has 0 aliphatic heterocycles. The Kier molecular flexibility index (Phi) is 5.90. The highest BCUT2D eigenvalue weighted by molar-refractivity contribution is 7.89. The summed E-state index contributed by atoms with van der Waals surface area (Å²) in [5.74, 6) is 0.912. The maximum Gasteiger partial charge on any atom is 0.244 e. The standard InChI is InChI=1S/C19H18N2O5S/c22-19(20-13-16-3-1-11-25-16)10-7-15-5-8-18(9-6-15)27(23,24)21-14-17-4-2-12-26-17/h1-12,21H,13-14H2,(H,20,22). The van der Waals surface area contributed by atoms with Crippen LogP contribution in [0, 0.1) is 0 Å². The Hall–Kier alpha value is -3.10. The minimum absolute atomic E-state index is 0.0762. The minimum atomic E-state index is -3.64. The zero-order valence-corrected chi connectivity index (χ0v) is 15.1. The Labute approximate surface area is 156 Å². The molecule has 0 saturated carbocycles. The summed E-state index contributed by atoms with van der Waals surface area (Å²) in [7, 11) is -3.64. The Morgan fingerprint density at radius 1 is 0.926 bits per heavy atom. The maximum absolute atomic E-state index is 12.3. The second kappa shape index (κ2) is 8.52. The van der Waals surface area contributed by atoms with Gasteiger partial charge < -0.3 is 14.2 Å². The number of carbonyl (C=O) groups is 1. The molecule has 0 radical (unpaired) electrons. The van der Waals surface area contributed by atoms with E-state index < -0.39 is 10.0 Å². The average Bonchev–Trinajstić information content (AvgIpc) is 3.37. The lowest BCUT2D eigenvalue weighted by molar-refractivity contribution is -0.116. The van der Waals surface area contributed by atoms with Crippen LogP contribution in [0.1, 0.15) is 17.1 Å². The second-order valence-corrected chi connectivity index (χ2v) is 7.37. The van der Waals surface area contributed by atoms with Crippen molar-refractivity contribution in [3.8, 4) is 0 Å². The van der Waals surface area contributed by atoms with Crippen LogP contribution in [0.25, 0.3) is 6.08 Å². The van der Waals surface area contributed by atoms with Gasteiger partial charge in [0.15, 0.2) is 0 Å². The van der Waals surface area contributed by atoms with Gasteiger partial charge in [-0.3, -0.25) is 4.79 Å². The van der Waals surface area contributed by atoms with Crippen molar-refractivity contribution in [3.05, 3.63) is 84.2 Å². The van der Waals surface area contributed by atoms with Crippen molar-refractivity contribution in [1.29, 1.82) is 0 Å². The summed E-state index contributed by atoms with van der Waals surface area (Å²) >= 11 is 0. The van der Waals surface area contributed by atoms with E-state index in [1.165, 1.54) is 30.7 Å². The summed E-state index contributed by atoms with van der Waals surface area (Å²) in [5, 5.41) is 2.69. The van der Waals surface area contributed by atoms with Crippen LogP contribution >= 0.6 is 0 Å². The highest BCUT2D eigenvalue weighted by atomic mass is 32.2. The van der Waals surface area contributed by atoms with Crippen molar-refractivity contribution in [2.75, 3.05) is 0 Å². The number of furan rings is 2. The van der Waals surface area contributed by atoms with Gasteiger partial charge in [0.05, 0.1) is 30.5 Å². The fourth-order valence-electron chi connectivity index (χ4n) is 2.24. The minimum Gasteiger partial charge on any atom is -0.468 e. The van der Waals surface area contributed by atoms with Crippen molar-refractivity contribution in [1.82, 2.24) is 10.0 Å². The number of nitrogens with one attached hydrogen (secondary N) is 2. The van der Waals surface area contributed by atoms with Crippen molar-refractivity contribution in [2.24, 2.45) is 0 Å². The number of carbonyl (C=O) groups excluding carboxylic acids is 1. The van der Waals surface area contributed by atoms with E-state index in [0.717, 1.165) is 0 Å². The van der Waals surface area contributed by atoms with E-state index in [9.17, 15) is 13.2 Å². The van der Waals surface area contributed by atoms with E-state index in [1.54, 1.807) is 42.5 Å². The summed E-state index contributed by atoms with van der Waals surface area (Å²) in [6.07, 6.45) is 6.00. The number of hydrogen-bond donors (Lipinski definition) is 2. The van der Waals surface area contributed by atoms with Gasteiger partial charge in [-0.15, -0.1) is 0 Å². The first kappa shape index (κ1) is 18.7. The molecular weight excluding hydrogens is 368 g/mol. The van der Waals surface area contributed by atoms with E-state index in [1.807, 2.05) is 0 Å². The largest absolute Gasteiger partial charge is 0.468 e. The highest BCUT2D eigenvalue weighted by Gasteiger charge is 2.13. The van der Waals surface area contributed by atoms with Crippen LogP contribution in [0.5, 0.6) is 0 Å². The van der Waals surface area contributed by atoms with Crippen LogP contribution in [-0.2, 0) is 27.9 Å². The summed E-state index contributed by atoms with van der Waals surface area (Å²) in [5.41, 5.74) is 0.702. The van der Waals surface area contributed by atoms with E-state index in [-0.39, 0.29) is 17.3 Å². The lowest BCUT2D eigenvalue weighted by Gasteiger charge is -2.05. The molecule has 0 aliphatic rings. The van der Waals surface area contributed by atoms with Crippen LogP contribution in [-0.4, -0.2) is 14.3 Å². The monoisotopic (exact) mass is 386 g/mol. The van der Waals surface area contributed by atoms with Gasteiger partial charge in [-0.2, -0.15) is 0 Å². The smallest absolute Gasteiger partial charge is 0.244 e. The fraction of sp³-hybridized carbons (Fsp3) is 0.105. The van der Waals surface area contributed by atoms with Gasteiger partial charge in [0, 0.05) is 6.08 Å². The summed E-state index contributed by atoms with van der Waals surface area (Å²) in [6, 6.07) is 13.1. The first-order valence-electron chi connectivity index (χ1n) is 8.13. The lowest BCUT2D eigenvalue weighted by Crippen LogP contribution is -2.22. The number of hydrogen-bond acceptors (Lipinski definition) is 5. The molecule has 0 atom stereocenters. The van der Waals surface area contributed by atoms with Gasteiger partial charge in [0.2, 0.25) is 15.9 Å². The summed E-state index contributed by atoms with van der Waals surface area (Å²) in [4.78, 5) is 11.9. The summed E-state index contributed by atoms with van der Waals surface area (Å²) in [6.45, 7) is 0.377. The Morgan fingerprint density at radius 2 is 1.56 bits per heavy atom. The van der Waals surface area contributed by atoms with Crippen molar-refractivity contribution >= 4 is 22.0 Å². The molecule has 0 unspecified atom stereocenters. The lowest BCUT2D eigenvalue weighted by atomic mass is 10.2. The third-order valence-electron chi connectivity index (χ3n) is 3.65. The molecule has 8 heteroatoms. The number of amides is 1. The first-order valence-corrected chi connectivity index (χ1v) is 9.62. The molecule has 1 amide bonds. The molecule has 0 saturated heterocycles. The van der Waals surface area contributed by atoms with E-state index in [4.69, 9.17) is 8.83 Å². The van der Waals surface area contributed by atoms with Gasteiger partial charge in [-0.1, -0.05) is 12.1 Å². The maximum atomic E-state index is 12.3. The molecule has 2 heterocycles. The third kappa shape index (κ3) is 5.44. The van der Waals surface area contributed by atoms with Crippen molar-refractivity contribution in [3.63, 3.8) is 0 Å². The van der Waals surface area contributed by atoms with E-state index in [2.05, 4.69) is 10.0 Å². The van der Waals surface area contributed by atoms with E-state index >= 15 is 0 Å². The molecule has 0 bridgehead atoms. The number of sulfonamides is 1. The van der Waals surface area contributed by atoms with Gasteiger partial charge in [0.25, 0.3) is 0 Å². The van der Waals surface area contributed by atoms with Gasteiger partial charge in [0.1, 0.15) is 11.5 Å². The van der Waals surface area contributed by atoms with Gasteiger partial charge in [-0.25, -0.2) is 13.1 Å². The molecule has 1 aromatic carbocycles. The molecule has 0 fully saturated rings. The molecule has 3 aromatic rings. The van der Waals surface area contributed by atoms with Crippen molar-refractivity contribution in [2.45, 2.75) is 18.0 Å². The molecular formula is C19H18N2O5S. The number of benzene rings is 1. The van der Waals surface area contributed by atoms with Crippen LogP contribution in [0.15, 0.2) is 80.9 Å². The molecule has 27 heavy (non-hydrogen) atoms. The first-order chi connectivity index (χ1) is 13.0. The Bertz CT molecular complexity index is 989. The second-order valence-electron chi connectivity index (χ2n) is 5.60. The molecule has 2 N–H and O–H groups in total. The predicted molar refractivity (Wildman–Crippen MR) is 98.8 cm³/mol. The zero-order chi connectivity index (χ0) is 19.1. The number of rotatable bonds is 8. The van der Waals surface area contributed by atoms with Crippen LogP contribution in [0.2, 0.25) is 0 Å². The Morgan fingerprint density at radius 3 is 2.15 bits per heavy atom. The molecule has 2 aromatic heterocycles. The molecule has 140 valence electrons. The molecule has 0 aliphatic carbocycles. The topological polar surface area (TPSA) is 102 Å². The zero-order valence-electron chi connectivity index (χ0n) is 14.3. The van der Waals surface area contributed by atoms with Crippen molar-refractivity contribution < 1.29 is 22.0 Å². The molecule has 7 nitrogen and oxygen atoms in total. The predicted octanol–water partition coefficient (Wildman–Crippen LogP) is 2.68. The average molecular weight is 386 g/mol. The van der Waals surface area contributed by atoms with Crippen LogP contribution in [0.3, 0.4) is 0 Å². The normalized spacial score (nSPS) is 11.7.